The Bertz CT molecular complexity index is 629. The summed E-state index contributed by atoms with van der Waals surface area (Å²) in [6.45, 7) is 0.984. The largest absolute Gasteiger partial charge is 0.279 e. The molecule has 7 nitrogen and oxygen atoms in total. The van der Waals surface area contributed by atoms with Gasteiger partial charge in [-0.15, -0.1) is 0 Å². The number of hydrogen-bond acceptors (Lipinski definition) is 5. The van der Waals surface area contributed by atoms with E-state index >= 15 is 0 Å². The number of nitro benzene ring substituents is 1. The lowest BCUT2D eigenvalue weighted by Crippen LogP contribution is -2.34. The standard InChI is InChI=1S/C10H11ClN2O5S/c1-7-5-8(13(15)16)3-4-9(7)12(6-10(11)14)19(2,17)18/h3-5H,6H2,1-2H3. The Hall–Kier alpha value is -1.67. The molecule has 0 aliphatic rings. The summed E-state index contributed by atoms with van der Waals surface area (Å²) in [5, 5.41) is 9.76. The van der Waals surface area contributed by atoms with Crippen LogP contribution >= 0.6 is 11.6 Å². The van der Waals surface area contributed by atoms with Crippen LogP contribution in [0.4, 0.5) is 11.4 Å². The van der Waals surface area contributed by atoms with Gasteiger partial charge < -0.3 is 0 Å². The lowest BCUT2D eigenvalue weighted by atomic mass is 10.2. The van der Waals surface area contributed by atoms with E-state index in [2.05, 4.69) is 0 Å². The van der Waals surface area contributed by atoms with E-state index in [9.17, 15) is 23.3 Å². The van der Waals surface area contributed by atoms with Crippen molar-refractivity contribution >= 4 is 38.2 Å². The molecular formula is C10H11ClN2O5S. The summed E-state index contributed by atoms with van der Waals surface area (Å²) in [7, 11) is -3.71. The van der Waals surface area contributed by atoms with Crippen LogP contribution < -0.4 is 4.31 Å². The maximum atomic E-state index is 11.6. The van der Waals surface area contributed by atoms with E-state index in [1.165, 1.54) is 25.1 Å². The Balaban J connectivity index is 3.32. The van der Waals surface area contributed by atoms with Gasteiger partial charge in [-0.05, 0) is 30.2 Å². The summed E-state index contributed by atoms with van der Waals surface area (Å²) in [6, 6.07) is 3.67. The molecule has 0 amide bonds. The average molecular weight is 307 g/mol. The van der Waals surface area contributed by atoms with Gasteiger partial charge in [0.25, 0.3) is 5.69 Å². The van der Waals surface area contributed by atoms with E-state index in [1.54, 1.807) is 0 Å². The molecule has 1 aromatic rings. The van der Waals surface area contributed by atoms with Crippen molar-refractivity contribution in [2.24, 2.45) is 0 Å². The summed E-state index contributed by atoms with van der Waals surface area (Å²) in [6.07, 6.45) is 0.924. The molecule has 0 saturated carbocycles. The quantitative estimate of drug-likeness (QED) is 0.465. The number of nitro groups is 1. The number of anilines is 1. The first kappa shape index (κ1) is 15.4. The minimum Gasteiger partial charge on any atom is -0.279 e. The van der Waals surface area contributed by atoms with Crippen LogP contribution in [0.2, 0.25) is 0 Å². The monoisotopic (exact) mass is 306 g/mol. The van der Waals surface area contributed by atoms with Gasteiger partial charge in [-0.2, -0.15) is 0 Å². The first-order chi connectivity index (χ1) is 8.62. The third kappa shape index (κ3) is 3.90. The summed E-state index contributed by atoms with van der Waals surface area (Å²) >= 11 is 5.21. The molecule has 0 unspecified atom stereocenters. The summed E-state index contributed by atoms with van der Waals surface area (Å²) in [5.41, 5.74) is 0.381. The van der Waals surface area contributed by atoms with Gasteiger partial charge in [-0.1, -0.05) is 0 Å². The van der Waals surface area contributed by atoms with Crippen LogP contribution in [-0.4, -0.2) is 31.4 Å². The average Bonchev–Trinajstić information content (AvgIpc) is 2.24. The normalized spacial score (nSPS) is 11.1. The number of halogens is 1. The van der Waals surface area contributed by atoms with Gasteiger partial charge in [-0.3, -0.25) is 19.2 Å². The molecule has 0 saturated heterocycles. The second-order valence-corrected chi connectivity index (χ2v) is 6.18. The molecule has 0 bridgehead atoms. The number of hydrogen-bond donors (Lipinski definition) is 0. The molecule has 0 aliphatic carbocycles. The van der Waals surface area contributed by atoms with Crippen molar-refractivity contribution in [2.45, 2.75) is 6.92 Å². The molecule has 0 aromatic heterocycles. The summed E-state index contributed by atoms with van der Waals surface area (Å²) in [4.78, 5) is 20.9. The highest BCUT2D eigenvalue weighted by molar-refractivity contribution is 7.92. The molecule has 0 atom stereocenters. The molecule has 0 spiro atoms. The lowest BCUT2D eigenvalue weighted by molar-refractivity contribution is -0.384. The van der Waals surface area contributed by atoms with Crippen LogP contribution in [0.15, 0.2) is 18.2 Å². The third-order valence-corrected chi connectivity index (χ3v) is 3.57. The van der Waals surface area contributed by atoms with Crippen molar-refractivity contribution in [3.63, 3.8) is 0 Å². The highest BCUT2D eigenvalue weighted by Crippen LogP contribution is 2.26. The Kier molecular flexibility index (Phi) is 4.48. The predicted octanol–water partition coefficient (Wildman–Crippen LogP) is 1.43. The first-order valence-corrected chi connectivity index (χ1v) is 7.26. The smallest absolute Gasteiger partial charge is 0.269 e. The van der Waals surface area contributed by atoms with Crippen molar-refractivity contribution < 1.29 is 18.1 Å². The van der Waals surface area contributed by atoms with Crippen LogP contribution in [-0.2, 0) is 14.8 Å². The van der Waals surface area contributed by atoms with E-state index in [0.717, 1.165) is 10.6 Å². The molecule has 0 heterocycles. The van der Waals surface area contributed by atoms with Gasteiger partial charge >= 0.3 is 0 Å². The van der Waals surface area contributed by atoms with Crippen molar-refractivity contribution in [2.75, 3.05) is 17.1 Å². The van der Waals surface area contributed by atoms with Gasteiger partial charge in [0.1, 0.15) is 6.54 Å². The second-order valence-electron chi connectivity index (χ2n) is 3.85. The van der Waals surface area contributed by atoms with Gasteiger partial charge in [0, 0.05) is 12.1 Å². The second kappa shape index (κ2) is 5.54. The molecule has 19 heavy (non-hydrogen) atoms. The van der Waals surface area contributed by atoms with Crippen LogP contribution in [0, 0.1) is 17.0 Å². The van der Waals surface area contributed by atoms with Crippen LogP contribution in [0.25, 0.3) is 0 Å². The minimum absolute atomic E-state index is 0.160. The fourth-order valence-corrected chi connectivity index (χ4v) is 2.63. The maximum absolute atomic E-state index is 11.6. The van der Waals surface area contributed by atoms with Gasteiger partial charge in [0.2, 0.25) is 15.3 Å². The highest BCUT2D eigenvalue weighted by atomic mass is 35.5. The zero-order valence-electron chi connectivity index (χ0n) is 10.2. The number of non-ortho nitro benzene ring substituents is 1. The summed E-state index contributed by atoms with van der Waals surface area (Å²) in [5.74, 6) is 0. The third-order valence-electron chi connectivity index (χ3n) is 2.33. The number of sulfonamides is 1. The van der Waals surface area contributed by atoms with E-state index in [0.29, 0.717) is 5.56 Å². The molecular weight excluding hydrogens is 296 g/mol. The Morgan fingerprint density at radius 1 is 1.47 bits per heavy atom. The topological polar surface area (TPSA) is 97.6 Å². The number of aryl methyl sites for hydroxylation is 1. The minimum atomic E-state index is -3.71. The number of benzene rings is 1. The first-order valence-electron chi connectivity index (χ1n) is 5.04. The number of carbonyl (C=O) groups excluding carboxylic acids is 1. The van der Waals surface area contributed by atoms with E-state index in [4.69, 9.17) is 11.6 Å². The van der Waals surface area contributed by atoms with E-state index in [1.807, 2.05) is 0 Å². The van der Waals surface area contributed by atoms with E-state index in [-0.39, 0.29) is 11.4 Å². The predicted molar refractivity (Wildman–Crippen MR) is 70.9 cm³/mol. The number of carbonyl (C=O) groups is 1. The number of rotatable bonds is 5. The van der Waals surface area contributed by atoms with E-state index < -0.39 is 26.7 Å². The molecule has 104 valence electrons. The Morgan fingerprint density at radius 2 is 2.05 bits per heavy atom. The lowest BCUT2D eigenvalue weighted by Gasteiger charge is -2.22. The van der Waals surface area contributed by atoms with Gasteiger partial charge in [-0.25, -0.2) is 8.42 Å². The molecule has 9 heteroatoms. The zero-order valence-corrected chi connectivity index (χ0v) is 11.7. The van der Waals surface area contributed by atoms with Crippen LogP contribution in [0.5, 0.6) is 0 Å². The molecule has 1 aromatic carbocycles. The SMILES string of the molecule is Cc1cc([N+](=O)[O-])ccc1N(CC(=O)Cl)S(C)(=O)=O. The maximum Gasteiger partial charge on any atom is 0.269 e. The number of nitrogens with zero attached hydrogens (tertiary/aromatic N) is 2. The van der Waals surface area contributed by atoms with Crippen molar-refractivity contribution in [3.05, 3.63) is 33.9 Å². The van der Waals surface area contributed by atoms with Crippen molar-refractivity contribution in [1.29, 1.82) is 0 Å². The van der Waals surface area contributed by atoms with Gasteiger partial charge in [0.05, 0.1) is 16.9 Å². The summed E-state index contributed by atoms with van der Waals surface area (Å²) < 4.78 is 24.0. The van der Waals surface area contributed by atoms with Crippen LogP contribution in [0.1, 0.15) is 5.56 Å². The molecule has 1 rings (SSSR count). The fraction of sp³-hybridized carbons (Fsp3) is 0.300. The van der Waals surface area contributed by atoms with Gasteiger partial charge in [0.15, 0.2) is 0 Å². The highest BCUT2D eigenvalue weighted by Gasteiger charge is 2.22. The molecule has 0 fully saturated rings. The fourth-order valence-electron chi connectivity index (χ4n) is 1.53. The van der Waals surface area contributed by atoms with Crippen molar-refractivity contribution in [3.8, 4) is 0 Å². The molecule has 0 aliphatic heterocycles. The van der Waals surface area contributed by atoms with Crippen LogP contribution in [0.3, 0.4) is 0 Å². The molecule has 0 N–H and O–H groups in total. The zero-order chi connectivity index (χ0) is 14.8. The Morgan fingerprint density at radius 3 is 2.42 bits per heavy atom. The van der Waals surface area contributed by atoms with Crippen molar-refractivity contribution in [1.82, 2.24) is 0 Å². The molecule has 0 radical (unpaired) electrons. The Labute approximate surface area is 115 Å².